The molecule has 6 nitrogen and oxygen atoms in total. The van der Waals surface area contributed by atoms with Crippen molar-refractivity contribution in [2.24, 2.45) is 0 Å². The summed E-state index contributed by atoms with van der Waals surface area (Å²) in [4.78, 5) is 24.1. The van der Waals surface area contributed by atoms with Gasteiger partial charge in [-0.25, -0.2) is 13.6 Å². The molecule has 21 heavy (non-hydrogen) atoms. The van der Waals surface area contributed by atoms with Crippen LogP contribution in [0.3, 0.4) is 0 Å². The molecule has 1 atom stereocenters. The molecule has 0 spiro atoms. The number of hydrogen-bond donors (Lipinski definition) is 1. The Kier molecular flexibility index (Phi) is 4.69. The van der Waals surface area contributed by atoms with Gasteiger partial charge in [0, 0.05) is 12.6 Å². The molecule has 0 radical (unpaired) electrons. The van der Waals surface area contributed by atoms with Crippen molar-refractivity contribution in [1.29, 1.82) is 0 Å². The van der Waals surface area contributed by atoms with Gasteiger partial charge in [0.2, 0.25) is 0 Å². The van der Waals surface area contributed by atoms with E-state index in [1.165, 1.54) is 0 Å². The number of hydrogen-bond acceptors (Lipinski definition) is 4. The molecule has 1 heterocycles. The smallest absolute Gasteiger partial charge is 0.328 e. The van der Waals surface area contributed by atoms with E-state index in [9.17, 15) is 18.4 Å². The Bertz CT molecular complexity index is 551. The first-order valence-corrected chi connectivity index (χ1v) is 6.17. The fourth-order valence-electron chi connectivity index (χ4n) is 1.92. The number of rotatable bonds is 4. The molecular weight excluding hydrogens is 288 g/mol. The molecule has 1 aromatic rings. The number of nitrogens with zero attached hydrogens (tertiary/aromatic N) is 1. The third-order valence-corrected chi connectivity index (χ3v) is 2.98. The lowest BCUT2D eigenvalue weighted by molar-refractivity contribution is -0.159. The minimum absolute atomic E-state index is 0.105. The van der Waals surface area contributed by atoms with Gasteiger partial charge in [-0.1, -0.05) is 0 Å². The van der Waals surface area contributed by atoms with E-state index in [2.05, 4.69) is 0 Å². The highest BCUT2D eigenvalue weighted by molar-refractivity contribution is 5.84. The Morgan fingerprint density at radius 1 is 1.43 bits per heavy atom. The predicted octanol–water partition coefficient (Wildman–Crippen LogP) is 0.656. The number of benzene rings is 1. The Morgan fingerprint density at radius 2 is 2.19 bits per heavy atom. The van der Waals surface area contributed by atoms with Gasteiger partial charge in [0.25, 0.3) is 5.91 Å². The van der Waals surface area contributed by atoms with Crippen molar-refractivity contribution in [2.45, 2.75) is 6.04 Å². The lowest BCUT2D eigenvalue weighted by Gasteiger charge is -2.32. The number of morpholine rings is 1. The van der Waals surface area contributed by atoms with Gasteiger partial charge in [0.15, 0.2) is 24.2 Å². The zero-order valence-electron chi connectivity index (χ0n) is 10.9. The zero-order chi connectivity index (χ0) is 15.4. The second-order valence-corrected chi connectivity index (χ2v) is 4.38. The molecule has 0 aliphatic carbocycles. The Labute approximate surface area is 118 Å². The quantitative estimate of drug-likeness (QED) is 0.884. The highest BCUT2D eigenvalue weighted by Crippen LogP contribution is 2.18. The SMILES string of the molecule is O=C(O)[C@H]1COCCN1C(=O)COc1ccc(F)cc1F. The summed E-state index contributed by atoms with van der Waals surface area (Å²) in [5.41, 5.74) is 0. The molecule has 0 bridgehead atoms. The third-order valence-electron chi connectivity index (χ3n) is 2.98. The van der Waals surface area contributed by atoms with Crippen LogP contribution in [0.15, 0.2) is 18.2 Å². The number of halogens is 2. The summed E-state index contributed by atoms with van der Waals surface area (Å²) in [5, 5.41) is 9.00. The molecule has 1 aliphatic rings. The number of amides is 1. The zero-order valence-corrected chi connectivity index (χ0v) is 10.9. The van der Waals surface area contributed by atoms with Crippen LogP contribution in [0.2, 0.25) is 0 Å². The maximum Gasteiger partial charge on any atom is 0.328 e. The van der Waals surface area contributed by atoms with Crippen LogP contribution < -0.4 is 4.74 Å². The number of ether oxygens (including phenoxy) is 2. The summed E-state index contributed by atoms with van der Waals surface area (Å²) in [7, 11) is 0. The summed E-state index contributed by atoms with van der Waals surface area (Å²) < 4.78 is 36.0. The molecule has 1 fully saturated rings. The lowest BCUT2D eigenvalue weighted by Crippen LogP contribution is -2.53. The molecule has 114 valence electrons. The van der Waals surface area contributed by atoms with Crippen molar-refractivity contribution in [1.82, 2.24) is 4.90 Å². The molecule has 1 aromatic carbocycles. The van der Waals surface area contributed by atoms with Crippen LogP contribution in [0.4, 0.5) is 8.78 Å². The van der Waals surface area contributed by atoms with Gasteiger partial charge in [-0.3, -0.25) is 4.79 Å². The second kappa shape index (κ2) is 6.49. The van der Waals surface area contributed by atoms with E-state index in [4.69, 9.17) is 14.6 Å². The topological polar surface area (TPSA) is 76.1 Å². The summed E-state index contributed by atoms with van der Waals surface area (Å²) in [6.07, 6.45) is 0. The van der Waals surface area contributed by atoms with Crippen molar-refractivity contribution in [2.75, 3.05) is 26.4 Å². The van der Waals surface area contributed by atoms with E-state index < -0.39 is 36.2 Å². The highest BCUT2D eigenvalue weighted by Gasteiger charge is 2.32. The average Bonchev–Trinajstić information content (AvgIpc) is 2.46. The summed E-state index contributed by atoms with van der Waals surface area (Å²) in [5.74, 6) is -3.75. The maximum absolute atomic E-state index is 13.3. The first-order chi connectivity index (χ1) is 9.99. The number of aliphatic carboxylic acids is 1. The van der Waals surface area contributed by atoms with E-state index in [0.29, 0.717) is 6.07 Å². The standard InChI is InChI=1S/C13H13F2NO5/c14-8-1-2-11(9(15)5-8)21-7-12(17)16-3-4-20-6-10(16)13(18)19/h1-2,5,10H,3-4,6-7H2,(H,18,19)/t10-/m1/s1. The van der Waals surface area contributed by atoms with Gasteiger partial charge in [-0.15, -0.1) is 0 Å². The van der Waals surface area contributed by atoms with Crippen molar-refractivity contribution < 1.29 is 33.0 Å². The fourth-order valence-corrected chi connectivity index (χ4v) is 1.92. The van der Waals surface area contributed by atoms with E-state index >= 15 is 0 Å². The predicted molar refractivity (Wildman–Crippen MR) is 65.8 cm³/mol. The lowest BCUT2D eigenvalue weighted by atomic mass is 10.2. The van der Waals surface area contributed by atoms with Crippen LogP contribution >= 0.6 is 0 Å². The van der Waals surface area contributed by atoms with Gasteiger partial charge in [-0.2, -0.15) is 0 Å². The van der Waals surface area contributed by atoms with Gasteiger partial charge >= 0.3 is 5.97 Å². The van der Waals surface area contributed by atoms with Crippen molar-refractivity contribution >= 4 is 11.9 Å². The summed E-state index contributed by atoms with van der Waals surface area (Å²) in [6, 6.07) is 1.60. The molecule has 1 N–H and O–H groups in total. The van der Waals surface area contributed by atoms with Crippen LogP contribution in [-0.2, 0) is 14.3 Å². The van der Waals surface area contributed by atoms with E-state index in [0.717, 1.165) is 17.0 Å². The molecule has 1 aliphatic heterocycles. The maximum atomic E-state index is 13.3. The molecule has 0 aromatic heterocycles. The minimum atomic E-state index is -1.18. The molecular formula is C13H13F2NO5. The summed E-state index contributed by atoms with van der Waals surface area (Å²) in [6.45, 7) is -0.302. The van der Waals surface area contributed by atoms with Crippen molar-refractivity contribution in [3.63, 3.8) is 0 Å². The van der Waals surface area contributed by atoms with Crippen LogP contribution in [0.5, 0.6) is 5.75 Å². The monoisotopic (exact) mass is 301 g/mol. The van der Waals surface area contributed by atoms with E-state index in [1.54, 1.807) is 0 Å². The third kappa shape index (κ3) is 3.66. The van der Waals surface area contributed by atoms with E-state index in [-0.39, 0.29) is 25.5 Å². The normalized spacial score (nSPS) is 18.4. The first kappa shape index (κ1) is 15.2. The summed E-state index contributed by atoms with van der Waals surface area (Å²) >= 11 is 0. The van der Waals surface area contributed by atoms with Gasteiger partial charge in [0.05, 0.1) is 13.2 Å². The van der Waals surface area contributed by atoms with Crippen LogP contribution in [0.25, 0.3) is 0 Å². The second-order valence-electron chi connectivity index (χ2n) is 4.38. The van der Waals surface area contributed by atoms with Gasteiger partial charge < -0.3 is 19.5 Å². The Morgan fingerprint density at radius 3 is 2.86 bits per heavy atom. The number of carboxylic acids is 1. The van der Waals surface area contributed by atoms with Gasteiger partial charge in [0.1, 0.15) is 5.82 Å². The average molecular weight is 301 g/mol. The fraction of sp³-hybridized carbons (Fsp3) is 0.385. The molecule has 0 saturated carbocycles. The molecule has 1 saturated heterocycles. The molecule has 8 heteroatoms. The Hall–Kier alpha value is -2.22. The van der Waals surface area contributed by atoms with Crippen molar-refractivity contribution in [3.8, 4) is 5.75 Å². The molecule has 2 rings (SSSR count). The highest BCUT2D eigenvalue weighted by atomic mass is 19.1. The van der Waals surface area contributed by atoms with Crippen LogP contribution in [0, 0.1) is 11.6 Å². The number of carbonyl (C=O) groups excluding carboxylic acids is 1. The number of carboxylic acid groups (broad SMARTS) is 1. The van der Waals surface area contributed by atoms with Crippen LogP contribution in [0.1, 0.15) is 0 Å². The van der Waals surface area contributed by atoms with Gasteiger partial charge in [-0.05, 0) is 12.1 Å². The molecule has 0 unspecified atom stereocenters. The van der Waals surface area contributed by atoms with E-state index in [1.807, 2.05) is 0 Å². The molecule has 1 amide bonds. The first-order valence-electron chi connectivity index (χ1n) is 6.17. The minimum Gasteiger partial charge on any atom is -0.481 e. The largest absolute Gasteiger partial charge is 0.481 e. The van der Waals surface area contributed by atoms with Crippen molar-refractivity contribution in [3.05, 3.63) is 29.8 Å². The Balaban J connectivity index is 1.98. The van der Waals surface area contributed by atoms with Crippen LogP contribution in [-0.4, -0.2) is 54.3 Å². The number of carbonyl (C=O) groups is 2.